The lowest BCUT2D eigenvalue weighted by atomic mass is 9.83. The van der Waals surface area contributed by atoms with Crippen LogP contribution in [-0.2, 0) is 6.42 Å². The molecule has 0 spiro atoms. The fraction of sp³-hybridized carbons (Fsp3) is 0.116. The number of fused-ring (bicyclic) bond motifs is 6. The van der Waals surface area contributed by atoms with E-state index < -0.39 is 0 Å². The van der Waals surface area contributed by atoms with Crippen molar-refractivity contribution < 1.29 is 0 Å². The van der Waals surface area contributed by atoms with Gasteiger partial charge in [-0.3, -0.25) is 0 Å². The molecule has 43 heavy (non-hydrogen) atoms. The molecule has 0 nitrogen and oxygen atoms in total. The Morgan fingerprint density at radius 1 is 0.395 bits per heavy atom. The van der Waals surface area contributed by atoms with Crippen LogP contribution in [0, 0.1) is 5.41 Å². The van der Waals surface area contributed by atoms with Crippen molar-refractivity contribution in [2.75, 3.05) is 0 Å². The first-order valence-corrected chi connectivity index (χ1v) is 15.3. The number of benzene rings is 8. The lowest BCUT2D eigenvalue weighted by molar-refractivity contribution is 0.411. The van der Waals surface area contributed by atoms with Crippen molar-refractivity contribution in [3.05, 3.63) is 145 Å². The van der Waals surface area contributed by atoms with Crippen molar-refractivity contribution in [1.29, 1.82) is 0 Å². The highest BCUT2D eigenvalue weighted by atomic mass is 14.2. The molecular formula is C43H34. The summed E-state index contributed by atoms with van der Waals surface area (Å²) in [7, 11) is 0. The zero-order valence-corrected chi connectivity index (χ0v) is 25.0. The fourth-order valence-corrected chi connectivity index (χ4v) is 7.18. The topological polar surface area (TPSA) is 0 Å². The quantitative estimate of drug-likeness (QED) is 0.152. The summed E-state index contributed by atoms with van der Waals surface area (Å²) in [4.78, 5) is 0. The molecule has 0 fully saturated rings. The van der Waals surface area contributed by atoms with Crippen LogP contribution in [0.5, 0.6) is 0 Å². The summed E-state index contributed by atoms with van der Waals surface area (Å²) in [5.41, 5.74) is 6.83. The van der Waals surface area contributed by atoms with E-state index in [0.717, 1.165) is 6.42 Å². The monoisotopic (exact) mass is 550 g/mol. The first kappa shape index (κ1) is 25.7. The maximum absolute atomic E-state index is 2.41. The second-order valence-electron chi connectivity index (χ2n) is 13.2. The highest BCUT2D eigenvalue weighted by Gasteiger charge is 2.19. The molecule has 8 aromatic carbocycles. The summed E-state index contributed by atoms with van der Waals surface area (Å²) in [5.74, 6) is 0. The first-order valence-electron chi connectivity index (χ1n) is 15.3. The Kier molecular flexibility index (Phi) is 5.88. The minimum absolute atomic E-state index is 0.234. The average Bonchev–Trinajstić information content (AvgIpc) is 3.01. The van der Waals surface area contributed by atoms with E-state index in [0.29, 0.717) is 0 Å². The van der Waals surface area contributed by atoms with Gasteiger partial charge in [-0.1, -0.05) is 148 Å². The van der Waals surface area contributed by atoms with Gasteiger partial charge in [-0.25, -0.2) is 0 Å². The van der Waals surface area contributed by atoms with Crippen molar-refractivity contribution in [3.63, 3.8) is 0 Å². The van der Waals surface area contributed by atoms with Crippen LogP contribution < -0.4 is 0 Å². The smallest absolute Gasteiger partial charge is 0.00201 e. The van der Waals surface area contributed by atoms with Crippen LogP contribution in [-0.4, -0.2) is 0 Å². The normalized spacial score (nSPS) is 12.2. The Hall–Kier alpha value is -4.94. The third kappa shape index (κ3) is 4.37. The van der Waals surface area contributed by atoms with Gasteiger partial charge < -0.3 is 0 Å². The zero-order chi connectivity index (χ0) is 29.1. The van der Waals surface area contributed by atoms with E-state index >= 15 is 0 Å². The van der Waals surface area contributed by atoms with Crippen molar-refractivity contribution in [2.24, 2.45) is 5.41 Å². The molecule has 0 saturated carbocycles. The van der Waals surface area contributed by atoms with Gasteiger partial charge in [0.2, 0.25) is 0 Å². The Morgan fingerprint density at radius 2 is 0.977 bits per heavy atom. The SMILES string of the molecule is CC(C)(C)Cc1cccc(-c2c3ccccc3c(-c3cccc4c3ccc3cc5ccccc5cc34)c3ccccc23)c1. The van der Waals surface area contributed by atoms with Crippen LogP contribution in [0.15, 0.2) is 140 Å². The van der Waals surface area contributed by atoms with Gasteiger partial charge in [0.05, 0.1) is 0 Å². The lowest BCUT2D eigenvalue weighted by Gasteiger charge is -2.21. The van der Waals surface area contributed by atoms with Gasteiger partial charge in [0.1, 0.15) is 0 Å². The van der Waals surface area contributed by atoms with Crippen LogP contribution in [0.3, 0.4) is 0 Å². The third-order valence-corrected chi connectivity index (χ3v) is 8.89. The molecule has 0 heteroatoms. The summed E-state index contributed by atoms with van der Waals surface area (Å²) in [6, 6.07) is 52.0. The van der Waals surface area contributed by atoms with Crippen molar-refractivity contribution in [1.82, 2.24) is 0 Å². The standard InChI is InChI=1S/C43H34/c1-43(2,3)27-28-12-10-15-32(24-28)41-36-16-6-8-18-38(36)42(39-19-9-7-17-37(39)41)35-21-11-20-33-34(35)23-22-31-25-29-13-4-5-14-30(29)26-40(31)33/h4-26H,27H2,1-3H3. The zero-order valence-electron chi connectivity index (χ0n) is 25.0. The molecule has 0 aliphatic heterocycles. The van der Waals surface area contributed by atoms with Crippen LogP contribution >= 0.6 is 0 Å². The molecule has 0 heterocycles. The molecule has 0 atom stereocenters. The largest absolute Gasteiger partial charge is 0.0616 e. The second-order valence-corrected chi connectivity index (χ2v) is 13.2. The van der Waals surface area contributed by atoms with Crippen LogP contribution in [0.4, 0.5) is 0 Å². The Bertz CT molecular complexity index is 2290. The molecule has 0 aliphatic rings. The number of hydrogen-bond donors (Lipinski definition) is 0. The minimum Gasteiger partial charge on any atom is -0.0616 e. The number of rotatable bonds is 3. The molecule has 8 rings (SSSR count). The van der Waals surface area contributed by atoms with Gasteiger partial charge in [0, 0.05) is 0 Å². The van der Waals surface area contributed by atoms with E-state index in [9.17, 15) is 0 Å². The molecule has 8 aromatic rings. The van der Waals surface area contributed by atoms with Gasteiger partial charge in [-0.2, -0.15) is 0 Å². The molecule has 0 saturated heterocycles. The predicted molar refractivity (Wildman–Crippen MR) is 188 cm³/mol. The Labute approximate surface area is 253 Å². The Morgan fingerprint density at radius 3 is 1.65 bits per heavy atom. The van der Waals surface area contributed by atoms with Crippen molar-refractivity contribution >= 4 is 53.9 Å². The Balaban J connectivity index is 1.44. The van der Waals surface area contributed by atoms with E-state index in [1.807, 2.05) is 0 Å². The summed E-state index contributed by atoms with van der Waals surface area (Å²) >= 11 is 0. The summed E-state index contributed by atoms with van der Waals surface area (Å²) in [6.45, 7) is 6.94. The molecule has 0 bridgehead atoms. The maximum Gasteiger partial charge on any atom is -0.00201 e. The molecule has 0 N–H and O–H groups in total. The number of hydrogen-bond acceptors (Lipinski definition) is 0. The van der Waals surface area contributed by atoms with Gasteiger partial charge in [-0.15, -0.1) is 0 Å². The van der Waals surface area contributed by atoms with Crippen molar-refractivity contribution in [2.45, 2.75) is 27.2 Å². The molecular weight excluding hydrogens is 516 g/mol. The van der Waals surface area contributed by atoms with Crippen LogP contribution in [0.25, 0.3) is 76.1 Å². The molecule has 0 radical (unpaired) electrons. The third-order valence-electron chi connectivity index (χ3n) is 8.89. The van der Waals surface area contributed by atoms with Crippen LogP contribution in [0.2, 0.25) is 0 Å². The predicted octanol–water partition coefficient (Wildman–Crippen LogP) is 12.4. The van der Waals surface area contributed by atoms with Gasteiger partial charge in [0.25, 0.3) is 0 Å². The van der Waals surface area contributed by atoms with Gasteiger partial charge in [0.15, 0.2) is 0 Å². The van der Waals surface area contributed by atoms with E-state index in [1.165, 1.54) is 81.7 Å². The highest BCUT2D eigenvalue weighted by molar-refractivity contribution is 6.25. The van der Waals surface area contributed by atoms with Gasteiger partial charge in [-0.05, 0) is 106 Å². The molecule has 0 amide bonds. The molecule has 206 valence electrons. The van der Waals surface area contributed by atoms with E-state index in [4.69, 9.17) is 0 Å². The first-order chi connectivity index (χ1) is 20.9. The van der Waals surface area contributed by atoms with E-state index in [-0.39, 0.29) is 5.41 Å². The summed E-state index contributed by atoms with van der Waals surface area (Å²) in [5, 5.41) is 12.9. The van der Waals surface area contributed by atoms with Crippen molar-refractivity contribution in [3.8, 4) is 22.3 Å². The summed E-state index contributed by atoms with van der Waals surface area (Å²) in [6.07, 6.45) is 1.05. The minimum atomic E-state index is 0.234. The molecule has 0 unspecified atom stereocenters. The highest BCUT2D eigenvalue weighted by Crippen LogP contribution is 2.46. The fourth-order valence-electron chi connectivity index (χ4n) is 7.18. The van der Waals surface area contributed by atoms with Crippen LogP contribution in [0.1, 0.15) is 26.3 Å². The molecule has 0 aromatic heterocycles. The molecule has 0 aliphatic carbocycles. The lowest BCUT2D eigenvalue weighted by Crippen LogP contribution is -2.09. The summed E-state index contributed by atoms with van der Waals surface area (Å²) < 4.78 is 0. The van der Waals surface area contributed by atoms with Gasteiger partial charge >= 0.3 is 0 Å². The van der Waals surface area contributed by atoms with E-state index in [1.54, 1.807) is 0 Å². The maximum atomic E-state index is 2.41. The average molecular weight is 551 g/mol. The second kappa shape index (κ2) is 9.82. The van der Waals surface area contributed by atoms with E-state index in [2.05, 4.69) is 160 Å².